The van der Waals surface area contributed by atoms with Gasteiger partial charge in [-0.05, 0) is 37.5 Å². The molecule has 0 saturated heterocycles. The molecule has 1 fully saturated rings. The van der Waals surface area contributed by atoms with Crippen LogP contribution in [-0.2, 0) is 12.4 Å². The molecule has 10 heteroatoms. The van der Waals surface area contributed by atoms with Gasteiger partial charge in [0, 0.05) is 17.8 Å². The molecule has 0 spiro atoms. The Balaban J connectivity index is 1.93. The van der Waals surface area contributed by atoms with Crippen molar-refractivity contribution < 1.29 is 26.3 Å². The number of aryl methyl sites for hydroxylation is 1. The van der Waals surface area contributed by atoms with Crippen LogP contribution in [0, 0.1) is 6.92 Å². The molecule has 0 bridgehead atoms. The van der Waals surface area contributed by atoms with E-state index >= 15 is 0 Å². The van der Waals surface area contributed by atoms with Gasteiger partial charge in [0.25, 0.3) is 0 Å². The maximum absolute atomic E-state index is 13.0. The van der Waals surface area contributed by atoms with Gasteiger partial charge in [0.1, 0.15) is 5.82 Å². The maximum atomic E-state index is 13.0. The van der Waals surface area contributed by atoms with Crippen molar-refractivity contribution in [3.05, 3.63) is 41.1 Å². The Bertz CT molecular complexity index is 811. The second kappa shape index (κ2) is 6.33. The van der Waals surface area contributed by atoms with Gasteiger partial charge in [0.15, 0.2) is 5.69 Å². The summed E-state index contributed by atoms with van der Waals surface area (Å²) in [5.41, 5.74) is -2.06. The van der Waals surface area contributed by atoms with Crippen molar-refractivity contribution in [1.29, 1.82) is 0 Å². The Morgan fingerprint density at radius 2 is 1.65 bits per heavy atom. The second-order valence-electron chi connectivity index (χ2n) is 6.03. The van der Waals surface area contributed by atoms with Crippen LogP contribution in [0.25, 0.3) is 0 Å². The summed E-state index contributed by atoms with van der Waals surface area (Å²) in [6.45, 7) is 1.30. The highest BCUT2D eigenvalue weighted by molar-refractivity contribution is 5.60. The molecule has 2 aromatic rings. The zero-order valence-electron chi connectivity index (χ0n) is 13.5. The molecule has 26 heavy (non-hydrogen) atoms. The van der Waals surface area contributed by atoms with Crippen molar-refractivity contribution in [1.82, 2.24) is 9.97 Å². The topological polar surface area (TPSA) is 49.8 Å². The molecule has 140 valence electrons. The molecule has 0 atom stereocenters. The van der Waals surface area contributed by atoms with Crippen LogP contribution in [0.3, 0.4) is 0 Å². The van der Waals surface area contributed by atoms with Crippen LogP contribution in [0.15, 0.2) is 24.3 Å². The SMILES string of the molecule is Cc1ccc(Nc2cc(C(F)(F)F)nc(NC3CC3)n2)cc1C(F)(F)F. The van der Waals surface area contributed by atoms with Gasteiger partial charge in [-0.15, -0.1) is 0 Å². The minimum Gasteiger partial charge on any atom is -0.351 e. The number of hydrogen-bond donors (Lipinski definition) is 2. The summed E-state index contributed by atoms with van der Waals surface area (Å²) in [5.74, 6) is -0.458. The first-order valence-corrected chi connectivity index (χ1v) is 7.70. The zero-order chi connectivity index (χ0) is 19.1. The molecule has 1 heterocycles. The van der Waals surface area contributed by atoms with Gasteiger partial charge in [-0.1, -0.05) is 6.07 Å². The lowest BCUT2D eigenvalue weighted by atomic mass is 10.1. The highest BCUT2D eigenvalue weighted by Gasteiger charge is 2.35. The number of nitrogens with zero attached hydrogens (tertiary/aromatic N) is 2. The van der Waals surface area contributed by atoms with Crippen molar-refractivity contribution in [3.8, 4) is 0 Å². The van der Waals surface area contributed by atoms with E-state index in [0.29, 0.717) is 6.07 Å². The van der Waals surface area contributed by atoms with E-state index in [4.69, 9.17) is 0 Å². The average Bonchev–Trinajstić information content (AvgIpc) is 3.31. The van der Waals surface area contributed by atoms with Crippen LogP contribution >= 0.6 is 0 Å². The zero-order valence-corrected chi connectivity index (χ0v) is 13.5. The number of nitrogens with one attached hydrogen (secondary N) is 2. The van der Waals surface area contributed by atoms with Crippen LogP contribution in [0.2, 0.25) is 0 Å². The Kier molecular flexibility index (Phi) is 4.45. The molecule has 1 aliphatic carbocycles. The minimum atomic E-state index is -4.70. The summed E-state index contributed by atoms with van der Waals surface area (Å²) >= 11 is 0. The van der Waals surface area contributed by atoms with Crippen molar-refractivity contribution in [2.75, 3.05) is 10.6 Å². The minimum absolute atomic E-state index is 0.0119. The van der Waals surface area contributed by atoms with E-state index < -0.39 is 23.6 Å². The molecule has 1 aliphatic rings. The second-order valence-corrected chi connectivity index (χ2v) is 6.03. The van der Waals surface area contributed by atoms with Gasteiger partial charge in [-0.2, -0.15) is 31.3 Å². The van der Waals surface area contributed by atoms with Gasteiger partial charge in [0.2, 0.25) is 5.95 Å². The summed E-state index contributed by atoms with van der Waals surface area (Å²) in [5, 5.41) is 5.26. The van der Waals surface area contributed by atoms with Crippen molar-refractivity contribution in [2.24, 2.45) is 0 Å². The molecule has 4 nitrogen and oxygen atoms in total. The van der Waals surface area contributed by atoms with Crippen LogP contribution in [0.1, 0.15) is 29.7 Å². The van der Waals surface area contributed by atoms with E-state index in [9.17, 15) is 26.3 Å². The molecule has 2 N–H and O–H groups in total. The molecule has 0 amide bonds. The van der Waals surface area contributed by atoms with Gasteiger partial charge in [-0.3, -0.25) is 0 Å². The number of rotatable bonds is 4. The Labute approximate surface area is 144 Å². The summed E-state index contributed by atoms with van der Waals surface area (Å²) in [6.07, 6.45) is -7.67. The third-order valence-electron chi connectivity index (χ3n) is 3.74. The van der Waals surface area contributed by atoms with Gasteiger partial charge in [-0.25, -0.2) is 4.98 Å². The lowest BCUT2D eigenvalue weighted by Crippen LogP contribution is -2.14. The molecular weight excluding hydrogens is 362 g/mol. The smallest absolute Gasteiger partial charge is 0.351 e. The largest absolute Gasteiger partial charge is 0.433 e. The quantitative estimate of drug-likeness (QED) is 0.726. The Morgan fingerprint density at radius 1 is 0.962 bits per heavy atom. The van der Waals surface area contributed by atoms with E-state index in [-0.39, 0.29) is 29.1 Å². The summed E-state index contributed by atoms with van der Waals surface area (Å²) < 4.78 is 78.0. The van der Waals surface area contributed by atoms with Crippen molar-refractivity contribution in [2.45, 2.75) is 38.2 Å². The predicted molar refractivity (Wildman–Crippen MR) is 83.1 cm³/mol. The number of alkyl halides is 6. The van der Waals surface area contributed by atoms with E-state index in [2.05, 4.69) is 20.6 Å². The first kappa shape index (κ1) is 18.3. The lowest BCUT2D eigenvalue weighted by Gasteiger charge is -2.15. The first-order chi connectivity index (χ1) is 12.0. The van der Waals surface area contributed by atoms with Crippen molar-refractivity contribution >= 4 is 17.5 Å². The molecule has 1 saturated carbocycles. The average molecular weight is 376 g/mol. The van der Waals surface area contributed by atoms with Gasteiger partial charge in [0.05, 0.1) is 5.56 Å². The summed E-state index contributed by atoms with van der Waals surface area (Å²) in [6, 6.07) is 4.08. The molecule has 1 aromatic carbocycles. The lowest BCUT2D eigenvalue weighted by molar-refractivity contribution is -0.141. The van der Waals surface area contributed by atoms with Crippen molar-refractivity contribution in [3.63, 3.8) is 0 Å². The summed E-state index contributed by atoms with van der Waals surface area (Å²) in [7, 11) is 0. The third-order valence-corrected chi connectivity index (χ3v) is 3.74. The predicted octanol–water partition coefficient (Wildman–Crippen LogP) is 5.14. The number of aromatic nitrogens is 2. The fourth-order valence-electron chi connectivity index (χ4n) is 2.28. The Hall–Kier alpha value is -2.52. The van der Waals surface area contributed by atoms with Gasteiger partial charge >= 0.3 is 12.4 Å². The van der Waals surface area contributed by atoms with Crippen LogP contribution < -0.4 is 10.6 Å². The fraction of sp³-hybridized carbons (Fsp3) is 0.375. The standard InChI is InChI=1S/C16H14F6N4/c1-8-2-3-10(6-11(8)15(17,18)19)23-13-7-12(16(20,21)22)25-14(26-13)24-9-4-5-9/h2-3,6-7,9H,4-5H2,1H3,(H2,23,24,25,26). The number of benzene rings is 1. The van der Waals surface area contributed by atoms with Gasteiger partial charge < -0.3 is 10.6 Å². The van der Waals surface area contributed by atoms with E-state index in [1.165, 1.54) is 19.1 Å². The number of halogens is 6. The molecular formula is C16H14F6N4. The molecule has 0 unspecified atom stereocenters. The first-order valence-electron chi connectivity index (χ1n) is 7.70. The third kappa shape index (κ3) is 4.36. The molecule has 0 radical (unpaired) electrons. The van der Waals surface area contributed by atoms with E-state index in [1.54, 1.807) is 0 Å². The Morgan fingerprint density at radius 3 is 2.23 bits per heavy atom. The summed E-state index contributed by atoms with van der Waals surface area (Å²) in [4.78, 5) is 7.35. The van der Waals surface area contributed by atoms with E-state index in [1.807, 2.05) is 0 Å². The van der Waals surface area contributed by atoms with E-state index in [0.717, 1.165) is 18.9 Å². The molecule has 3 rings (SSSR count). The fourth-order valence-corrected chi connectivity index (χ4v) is 2.28. The number of anilines is 3. The normalized spacial score (nSPS) is 15.0. The van der Waals surface area contributed by atoms with Crippen LogP contribution in [-0.4, -0.2) is 16.0 Å². The maximum Gasteiger partial charge on any atom is 0.433 e. The molecule has 1 aromatic heterocycles. The number of hydrogen-bond acceptors (Lipinski definition) is 4. The van der Waals surface area contributed by atoms with Crippen LogP contribution in [0.4, 0.5) is 43.8 Å². The highest BCUT2D eigenvalue weighted by Crippen LogP contribution is 2.35. The molecule has 0 aliphatic heterocycles. The highest BCUT2D eigenvalue weighted by atomic mass is 19.4. The van der Waals surface area contributed by atoms with Crippen LogP contribution in [0.5, 0.6) is 0 Å². The monoisotopic (exact) mass is 376 g/mol.